The molecule has 1 aliphatic heterocycles. The number of benzene rings is 2. The van der Waals surface area contributed by atoms with Gasteiger partial charge in [-0.3, -0.25) is 4.79 Å². The molecule has 0 radical (unpaired) electrons. The lowest BCUT2D eigenvalue weighted by Gasteiger charge is -2.22. The largest absolute Gasteiger partial charge is 0.494 e. The molecule has 176 valence electrons. The molecule has 1 atom stereocenters. The first-order chi connectivity index (χ1) is 15.8. The predicted octanol–water partition coefficient (Wildman–Crippen LogP) is 3.75. The first-order valence-electron chi connectivity index (χ1n) is 10.4. The number of alkyl halides is 3. The fraction of sp³-hybridized carbons (Fsp3) is 0.333. The second-order valence-corrected chi connectivity index (χ2v) is 7.50. The fourth-order valence-electron chi connectivity index (χ4n) is 3.16. The fourth-order valence-corrected chi connectivity index (χ4v) is 3.16. The first kappa shape index (κ1) is 24.3. The summed E-state index contributed by atoms with van der Waals surface area (Å²) >= 11 is 0. The molecule has 2 aromatic rings. The van der Waals surface area contributed by atoms with Crippen LogP contribution in [0.15, 0.2) is 65.7 Å². The SMILES string of the molecule is O=C(NCC(F)(F)F)[C@@]1(C/C=C/c2ccccc2)COC(c2ccc(OCCCO)cc2)=N1. The molecule has 1 aliphatic rings. The van der Waals surface area contributed by atoms with Crippen LogP contribution < -0.4 is 10.1 Å². The number of aliphatic imine (C=N–C) groups is 1. The summed E-state index contributed by atoms with van der Waals surface area (Å²) in [5.41, 5.74) is -0.0485. The van der Waals surface area contributed by atoms with Gasteiger partial charge < -0.3 is 19.9 Å². The van der Waals surface area contributed by atoms with E-state index in [-0.39, 0.29) is 25.5 Å². The van der Waals surface area contributed by atoms with Gasteiger partial charge in [0.15, 0.2) is 5.54 Å². The van der Waals surface area contributed by atoms with E-state index in [0.717, 1.165) is 5.56 Å². The molecule has 2 aromatic carbocycles. The molecular weight excluding hydrogens is 437 g/mol. The molecule has 0 aliphatic carbocycles. The van der Waals surface area contributed by atoms with E-state index >= 15 is 0 Å². The van der Waals surface area contributed by atoms with Crippen molar-refractivity contribution in [1.82, 2.24) is 5.32 Å². The molecule has 3 rings (SSSR count). The van der Waals surface area contributed by atoms with Crippen molar-refractivity contribution in [2.24, 2.45) is 4.99 Å². The van der Waals surface area contributed by atoms with Gasteiger partial charge >= 0.3 is 6.18 Å². The zero-order valence-corrected chi connectivity index (χ0v) is 17.8. The summed E-state index contributed by atoms with van der Waals surface area (Å²) in [4.78, 5) is 17.2. The molecule has 0 saturated heterocycles. The molecular formula is C24H25F3N2O4. The van der Waals surface area contributed by atoms with Crippen LogP contribution in [0.25, 0.3) is 6.08 Å². The van der Waals surface area contributed by atoms with Crippen molar-refractivity contribution in [3.63, 3.8) is 0 Å². The van der Waals surface area contributed by atoms with Crippen molar-refractivity contribution in [1.29, 1.82) is 0 Å². The maximum absolute atomic E-state index is 12.8. The number of carbonyl (C=O) groups is 1. The van der Waals surface area contributed by atoms with Crippen LogP contribution in [0.2, 0.25) is 0 Å². The Morgan fingerprint density at radius 3 is 2.58 bits per heavy atom. The lowest BCUT2D eigenvalue weighted by molar-refractivity contribution is -0.141. The topological polar surface area (TPSA) is 80.2 Å². The van der Waals surface area contributed by atoms with Gasteiger partial charge in [0, 0.05) is 25.0 Å². The van der Waals surface area contributed by atoms with E-state index in [0.29, 0.717) is 24.3 Å². The third kappa shape index (κ3) is 7.08. The van der Waals surface area contributed by atoms with E-state index in [4.69, 9.17) is 14.6 Å². The van der Waals surface area contributed by atoms with Crippen LogP contribution >= 0.6 is 0 Å². The van der Waals surface area contributed by atoms with Crippen LogP contribution in [-0.2, 0) is 9.53 Å². The Balaban J connectivity index is 1.78. The summed E-state index contributed by atoms with van der Waals surface area (Å²) in [5.74, 6) is -0.0885. The predicted molar refractivity (Wildman–Crippen MR) is 118 cm³/mol. The van der Waals surface area contributed by atoms with E-state index in [1.807, 2.05) is 35.6 Å². The highest BCUT2D eigenvalue weighted by Crippen LogP contribution is 2.28. The van der Waals surface area contributed by atoms with Crippen molar-refractivity contribution in [3.05, 3.63) is 71.8 Å². The van der Waals surface area contributed by atoms with Gasteiger partial charge in [0.25, 0.3) is 5.91 Å². The summed E-state index contributed by atoms with van der Waals surface area (Å²) in [5, 5.41) is 10.8. The second-order valence-electron chi connectivity index (χ2n) is 7.50. The lowest BCUT2D eigenvalue weighted by atomic mass is 9.95. The summed E-state index contributed by atoms with van der Waals surface area (Å²) in [6.45, 7) is -1.23. The Morgan fingerprint density at radius 1 is 1.18 bits per heavy atom. The van der Waals surface area contributed by atoms with E-state index in [1.54, 1.807) is 36.4 Å². The Kier molecular flexibility index (Phi) is 8.11. The zero-order chi connectivity index (χ0) is 23.7. The highest BCUT2D eigenvalue weighted by Gasteiger charge is 2.44. The molecule has 6 nitrogen and oxygen atoms in total. The number of carbonyl (C=O) groups excluding carboxylic acids is 1. The van der Waals surface area contributed by atoms with Crippen molar-refractivity contribution in [3.8, 4) is 5.75 Å². The number of amides is 1. The van der Waals surface area contributed by atoms with Gasteiger partial charge in [-0.25, -0.2) is 4.99 Å². The minimum Gasteiger partial charge on any atom is -0.494 e. The average molecular weight is 462 g/mol. The monoisotopic (exact) mass is 462 g/mol. The van der Waals surface area contributed by atoms with Gasteiger partial charge in [-0.2, -0.15) is 13.2 Å². The second kappa shape index (κ2) is 11.0. The minimum absolute atomic E-state index is 0.0277. The third-order valence-electron chi connectivity index (χ3n) is 4.87. The Hall–Kier alpha value is -3.33. The normalized spacial score (nSPS) is 18.1. The van der Waals surface area contributed by atoms with E-state index in [1.165, 1.54) is 0 Å². The van der Waals surface area contributed by atoms with Crippen LogP contribution in [-0.4, -0.2) is 55.0 Å². The van der Waals surface area contributed by atoms with Crippen LogP contribution in [0, 0.1) is 0 Å². The van der Waals surface area contributed by atoms with Crippen molar-refractivity contribution in [2.75, 3.05) is 26.4 Å². The van der Waals surface area contributed by atoms with E-state index in [9.17, 15) is 18.0 Å². The Labute approximate surface area is 189 Å². The molecule has 33 heavy (non-hydrogen) atoms. The number of rotatable bonds is 10. The van der Waals surface area contributed by atoms with Gasteiger partial charge in [-0.05, 0) is 29.8 Å². The van der Waals surface area contributed by atoms with Crippen molar-refractivity contribution in [2.45, 2.75) is 24.6 Å². The first-order valence-corrected chi connectivity index (χ1v) is 10.4. The molecule has 0 unspecified atom stereocenters. The maximum atomic E-state index is 12.8. The average Bonchev–Trinajstić information content (AvgIpc) is 3.24. The highest BCUT2D eigenvalue weighted by molar-refractivity contribution is 6.00. The number of halogens is 3. The molecule has 1 amide bonds. The summed E-state index contributed by atoms with van der Waals surface area (Å²) in [6.07, 6.45) is -0.475. The van der Waals surface area contributed by atoms with Crippen LogP contribution in [0.1, 0.15) is 24.0 Å². The van der Waals surface area contributed by atoms with Gasteiger partial charge in [-0.15, -0.1) is 0 Å². The highest BCUT2D eigenvalue weighted by atomic mass is 19.4. The molecule has 0 aromatic heterocycles. The number of aliphatic hydroxyl groups is 1. The summed E-state index contributed by atoms with van der Waals surface area (Å²) in [7, 11) is 0. The number of hydrogen-bond donors (Lipinski definition) is 2. The molecule has 0 fully saturated rings. The van der Waals surface area contributed by atoms with Crippen molar-refractivity contribution >= 4 is 17.9 Å². The standard InChI is InChI=1S/C24H25F3N2O4/c25-24(26,27)16-28-22(31)23(13-4-8-18-6-2-1-3-7-18)17-33-21(29-23)19-9-11-20(12-10-19)32-15-5-14-30/h1-4,6-12,30H,5,13-17H2,(H,28,31)/b8-4+/t23-/m1/s1. The molecule has 0 spiro atoms. The third-order valence-corrected chi connectivity index (χ3v) is 4.87. The smallest absolute Gasteiger partial charge is 0.405 e. The van der Waals surface area contributed by atoms with Gasteiger partial charge in [0.2, 0.25) is 5.90 Å². The van der Waals surface area contributed by atoms with Crippen LogP contribution in [0.3, 0.4) is 0 Å². The quantitative estimate of drug-likeness (QED) is 0.527. The zero-order valence-electron chi connectivity index (χ0n) is 17.8. The van der Waals surface area contributed by atoms with Gasteiger partial charge in [-0.1, -0.05) is 42.5 Å². The van der Waals surface area contributed by atoms with Crippen LogP contribution in [0.5, 0.6) is 5.75 Å². The number of aliphatic hydroxyl groups excluding tert-OH is 1. The maximum Gasteiger partial charge on any atom is 0.405 e. The lowest BCUT2D eigenvalue weighted by Crippen LogP contribution is -2.49. The Bertz CT molecular complexity index is 975. The molecule has 2 N–H and O–H groups in total. The summed E-state index contributed by atoms with van der Waals surface area (Å²) in [6, 6.07) is 16.1. The minimum atomic E-state index is -4.53. The molecule has 0 saturated carbocycles. The van der Waals surface area contributed by atoms with E-state index < -0.39 is 24.2 Å². The molecule has 9 heteroatoms. The van der Waals surface area contributed by atoms with E-state index in [2.05, 4.69) is 4.99 Å². The molecule has 1 heterocycles. The number of ether oxygens (including phenoxy) is 2. The van der Waals surface area contributed by atoms with Gasteiger partial charge in [0.05, 0.1) is 6.61 Å². The van der Waals surface area contributed by atoms with Crippen LogP contribution in [0.4, 0.5) is 13.2 Å². The van der Waals surface area contributed by atoms with Crippen molar-refractivity contribution < 1.29 is 32.5 Å². The Morgan fingerprint density at radius 2 is 1.91 bits per heavy atom. The van der Waals surface area contributed by atoms with Gasteiger partial charge in [0.1, 0.15) is 18.9 Å². The summed E-state index contributed by atoms with van der Waals surface area (Å²) < 4.78 is 49.1. The number of nitrogens with zero attached hydrogens (tertiary/aromatic N) is 1. The number of nitrogens with one attached hydrogen (secondary N) is 1. The molecule has 0 bridgehead atoms. The number of hydrogen-bond acceptors (Lipinski definition) is 5.